The van der Waals surface area contributed by atoms with E-state index in [1.165, 1.54) is 96.3 Å². The van der Waals surface area contributed by atoms with Crippen LogP contribution < -0.4 is 0 Å². The van der Waals surface area contributed by atoms with Gasteiger partial charge in [-0.25, -0.2) is 0 Å². The fourth-order valence-corrected chi connectivity index (χ4v) is 7.68. The normalized spacial score (nSPS) is 13.0. The van der Waals surface area contributed by atoms with Crippen LogP contribution in [0.5, 0.6) is 0 Å². The first-order valence-electron chi connectivity index (χ1n) is 29.0. The lowest BCUT2D eigenvalue weighted by atomic mass is 10.0. The van der Waals surface area contributed by atoms with Gasteiger partial charge in [0, 0.05) is 12.8 Å². The number of hydrogen-bond donors (Lipinski definition) is 0. The monoisotopic (exact) mass is 983 g/mol. The van der Waals surface area contributed by atoms with E-state index in [9.17, 15) is 14.4 Å². The number of carbonyl (C=O) groups excluding carboxylic acids is 3. The molecule has 0 saturated heterocycles. The van der Waals surface area contributed by atoms with E-state index in [4.69, 9.17) is 14.2 Å². The van der Waals surface area contributed by atoms with Crippen LogP contribution in [0.4, 0.5) is 0 Å². The molecule has 0 fully saturated rings. The Kier molecular flexibility index (Phi) is 54.9. The van der Waals surface area contributed by atoms with E-state index in [0.717, 1.165) is 109 Å². The van der Waals surface area contributed by atoms with Gasteiger partial charge < -0.3 is 14.2 Å². The molecule has 0 aromatic rings. The molecule has 0 spiro atoms. The molecule has 0 aliphatic rings. The highest BCUT2D eigenvalue weighted by molar-refractivity contribution is 5.72. The van der Waals surface area contributed by atoms with Crippen LogP contribution in [0.2, 0.25) is 0 Å². The molecule has 0 heterocycles. The number of rotatable bonds is 51. The summed E-state index contributed by atoms with van der Waals surface area (Å²) in [4.78, 5) is 38.1. The molecule has 0 rings (SSSR count). The lowest BCUT2D eigenvalue weighted by molar-refractivity contribution is -0.166. The maximum atomic E-state index is 12.8. The number of unbranched alkanes of at least 4 members (excludes halogenated alkanes) is 21. The fraction of sp³-hybridized carbons (Fsp3) is 0.646. The molecule has 0 aliphatic heterocycles. The molecule has 0 aromatic heterocycles. The van der Waals surface area contributed by atoms with Gasteiger partial charge in [0.15, 0.2) is 6.10 Å². The minimum atomic E-state index is -0.844. The van der Waals surface area contributed by atoms with Crippen LogP contribution in [0.25, 0.3) is 0 Å². The third-order valence-electron chi connectivity index (χ3n) is 12.0. The zero-order valence-corrected chi connectivity index (χ0v) is 45.9. The van der Waals surface area contributed by atoms with Crippen LogP contribution in [-0.4, -0.2) is 37.2 Å². The van der Waals surface area contributed by atoms with Gasteiger partial charge in [0.25, 0.3) is 0 Å². The summed E-state index contributed by atoms with van der Waals surface area (Å²) in [6.45, 7) is 6.30. The molecule has 0 bridgehead atoms. The van der Waals surface area contributed by atoms with Crippen molar-refractivity contribution in [2.45, 2.75) is 258 Å². The van der Waals surface area contributed by atoms with Crippen molar-refractivity contribution >= 4 is 17.9 Å². The molecule has 6 nitrogen and oxygen atoms in total. The average Bonchev–Trinajstić information content (AvgIpc) is 3.37. The molecule has 0 N–H and O–H groups in total. The predicted octanol–water partition coefficient (Wildman–Crippen LogP) is 19.6. The Morgan fingerprint density at radius 1 is 0.310 bits per heavy atom. The van der Waals surface area contributed by atoms with Gasteiger partial charge in [0.05, 0.1) is 6.42 Å². The first-order chi connectivity index (χ1) is 35.0. The van der Waals surface area contributed by atoms with Crippen LogP contribution in [0.1, 0.15) is 252 Å². The summed E-state index contributed by atoms with van der Waals surface area (Å²) >= 11 is 0. The maximum absolute atomic E-state index is 12.8. The molecule has 0 radical (unpaired) electrons. The summed E-state index contributed by atoms with van der Waals surface area (Å²) in [5.41, 5.74) is 0. The van der Waals surface area contributed by atoms with Crippen LogP contribution in [-0.2, 0) is 28.6 Å². The van der Waals surface area contributed by atoms with Crippen molar-refractivity contribution in [3.05, 3.63) is 122 Å². The Labute approximate surface area is 437 Å². The summed E-state index contributed by atoms with van der Waals surface area (Å²) in [6, 6.07) is 0. The van der Waals surface area contributed by atoms with Crippen LogP contribution in [0.3, 0.4) is 0 Å². The highest BCUT2D eigenvalue weighted by Crippen LogP contribution is 2.14. The molecule has 71 heavy (non-hydrogen) atoms. The van der Waals surface area contributed by atoms with Gasteiger partial charge in [-0.15, -0.1) is 0 Å². The molecule has 1 unspecified atom stereocenters. The van der Waals surface area contributed by atoms with E-state index < -0.39 is 12.1 Å². The van der Waals surface area contributed by atoms with Gasteiger partial charge in [-0.05, 0) is 109 Å². The molecular weight excluding hydrogens is 877 g/mol. The number of esters is 3. The first-order valence-corrected chi connectivity index (χ1v) is 29.0. The second-order valence-corrected chi connectivity index (χ2v) is 18.8. The summed E-state index contributed by atoms with van der Waals surface area (Å²) in [5, 5.41) is 0. The summed E-state index contributed by atoms with van der Waals surface area (Å²) in [6.07, 6.45) is 80.8. The quantitative estimate of drug-likeness (QED) is 0.0261. The topological polar surface area (TPSA) is 78.9 Å². The number of allylic oxidation sites excluding steroid dienone is 19. The highest BCUT2D eigenvalue weighted by atomic mass is 16.6. The van der Waals surface area contributed by atoms with Crippen molar-refractivity contribution in [1.29, 1.82) is 0 Å². The second kappa shape index (κ2) is 58.4. The minimum Gasteiger partial charge on any atom is -0.462 e. The van der Waals surface area contributed by atoms with E-state index in [1.807, 2.05) is 6.08 Å². The van der Waals surface area contributed by atoms with Gasteiger partial charge in [0.2, 0.25) is 0 Å². The third kappa shape index (κ3) is 56.6. The Balaban J connectivity index is 4.45. The van der Waals surface area contributed by atoms with E-state index in [2.05, 4.69) is 130 Å². The van der Waals surface area contributed by atoms with Gasteiger partial charge >= 0.3 is 17.9 Å². The van der Waals surface area contributed by atoms with Gasteiger partial charge in [0.1, 0.15) is 13.2 Å². The summed E-state index contributed by atoms with van der Waals surface area (Å²) < 4.78 is 16.7. The van der Waals surface area contributed by atoms with E-state index in [-0.39, 0.29) is 31.6 Å². The standard InChI is InChI=1S/C65H106O6/c1-4-7-10-13-16-19-22-25-28-29-30-31-32-33-34-35-38-40-43-46-49-52-55-58-64(67)70-61-62(71-65(68)59-56-53-50-47-44-41-37-27-24-21-18-15-12-9-6-3)60-69-63(66)57-54-51-48-45-42-39-36-26-23-20-17-14-11-8-5-2/h8-9,11-12,17-18,20-22,25-27,29-30,36-37,44,47,53,56,62H,4-7,10,13-16,19,23-24,28,31-35,38-43,45-46,48-52,54-55,57-61H2,1-3H3/b11-8-,12-9-,20-17-,21-18-,25-22-,30-29-,36-26-,37-27-,47-44-,56-53-. The molecular formula is C65H106O6. The SMILES string of the molecule is CC/C=C\C/C=C\C/C=C\C/C=C\C/C=C\CC(=O)OC(COC(=O)CCCCCCC/C=C\C/C=C\C/C=C\CC)COC(=O)CCCCCCCCCCCCC/C=C\C/C=C\CCCCCCC. The van der Waals surface area contributed by atoms with Crippen LogP contribution in [0, 0.1) is 0 Å². The lowest BCUT2D eigenvalue weighted by Gasteiger charge is -2.18. The molecule has 0 aliphatic carbocycles. The average molecular weight is 984 g/mol. The Morgan fingerprint density at radius 3 is 0.930 bits per heavy atom. The van der Waals surface area contributed by atoms with Crippen molar-refractivity contribution in [1.82, 2.24) is 0 Å². The predicted molar refractivity (Wildman–Crippen MR) is 306 cm³/mol. The van der Waals surface area contributed by atoms with Crippen LogP contribution >= 0.6 is 0 Å². The van der Waals surface area contributed by atoms with Gasteiger partial charge in [-0.1, -0.05) is 245 Å². The Hall–Kier alpha value is -4.19. The van der Waals surface area contributed by atoms with Crippen molar-refractivity contribution < 1.29 is 28.6 Å². The fourth-order valence-electron chi connectivity index (χ4n) is 7.68. The smallest absolute Gasteiger partial charge is 0.310 e. The number of ether oxygens (including phenoxy) is 3. The minimum absolute atomic E-state index is 0.0886. The van der Waals surface area contributed by atoms with Crippen molar-refractivity contribution in [2.75, 3.05) is 13.2 Å². The zero-order chi connectivity index (χ0) is 51.4. The van der Waals surface area contributed by atoms with Gasteiger partial charge in [-0.3, -0.25) is 14.4 Å². The van der Waals surface area contributed by atoms with E-state index >= 15 is 0 Å². The second-order valence-electron chi connectivity index (χ2n) is 18.8. The largest absolute Gasteiger partial charge is 0.462 e. The third-order valence-corrected chi connectivity index (χ3v) is 12.0. The lowest BCUT2D eigenvalue weighted by Crippen LogP contribution is -2.30. The number of carbonyl (C=O) groups is 3. The van der Waals surface area contributed by atoms with E-state index in [0.29, 0.717) is 19.3 Å². The molecule has 0 aromatic carbocycles. The summed E-state index contributed by atoms with van der Waals surface area (Å²) in [7, 11) is 0. The van der Waals surface area contributed by atoms with Crippen molar-refractivity contribution in [3.63, 3.8) is 0 Å². The molecule has 1 atom stereocenters. The van der Waals surface area contributed by atoms with E-state index in [1.54, 1.807) is 6.08 Å². The Bertz CT molecular complexity index is 1500. The Morgan fingerprint density at radius 2 is 0.592 bits per heavy atom. The molecule has 0 amide bonds. The maximum Gasteiger partial charge on any atom is 0.310 e. The van der Waals surface area contributed by atoms with Crippen molar-refractivity contribution in [3.8, 4) is 0 Å². The van der Waals surface area contributed by atoms with Gasteiger partial charge in [-0.2, -0.15) is 0 Å². The molecule has 402 valence electrons. The number of hydrogen-bond acceptors (Lipinski definition) is 6. The zero-order valence-electron chi connectivity index (χ0n) is 45.9. The first kappa shape index (κ1) is 66.8. The van der Waals surface area contributed by atoms with Crippen LogP contribution in [0.15, 0.2) is 122 Å². The highest BCUT2D eigenvalue weighted by Gasteiger charge is 2.19. The molecule has 0 saturated carbocycles. The van der Waals surface area contributed by atoms with Crippen molar-refractivity contribution in [2.24, 2.45) is 0 Å². The summed E-state index contributed by atoms with van der Waals surface area (Å²) in [5.74, 6) is -1.08. The molecule has 6 heteroatoms.